The van der Waals surface area contributed by atoms with Crippen LogP contribution in [0.2, 0.25) is 0 Å². The summed E-state index contributed by atoms with van der Waals surface area (Å²) >= 11 is 0. The monoisotopic (exact) mass is 411 g/mol. The first-order chi connectivity index (χ1) is 13.7. The number of halogens is 1. The van der Waals surface area contributed by atoms with Gasteiger partial charge < -0.3 is 14.8 Å². The Bertz CT molecular complexity index is 1040. The van der Waals surface area contributed by atoms with Gasteiger partial charge in [0.25, 0.3) is 0 Å². The first-order valence-electron chi connectivity index (χ1n) is 10.2. The number of hydrogen-bond donors (Lipinski definition) is 1. The summed E-state index contributed by atoms with van der Waals surface area (Å²) in [7, 11) is 0. The number of hydrogen-bond acceptors (Lipinski definition) is 3. The van der Waals surface area contributed by atoms with Gasteiger partial charge in [0, 0.05) is 23.9 Å². The van der Waals surface area contributed by atoms with Crippen molar-refractivity contribution < 1.29 is 4.79 Å². The lowest BCUT2D eigenvalue weighted by Gasteiger charge is -2.23. The molecule has 0 bridgehead atoms. The van der Waals surface area contributed by atoms with Gasteiger partial charge in [0.1, 0.15) is 6.54 Å². The molecule has 152 valence electrons. The molecule has 0 radical (unpaired) electrons. The summed E-state index contributed by atoms with van der Waals surface area (Å²) in [5.41, 5.74) is 1.69. The molecule has 0 saturated carbocycles. The summed E-state index contributed by atoms with van der Waals surface area (Å²) in [6.07, 6.45) is 2.16. The smallest absolute Gasteiger partial charge is 0.242 e. The molecule has 1 N–H and O–H groups in total. The van der Waals surface area contributed by atoms with Gasteiger partial charge >= 0.3 is 0 Å². The van der Waals surface area contributed by atoms with Crippen molar-refractivity contribution >= 4 is 40.1 Å². The normalized spacial score (nSPS) is 21.6. The molecule has 2 fully saturated rings. The van der Waals surface area contributed by atoms with Crippen LogP contribution in [0.15, 0.2) is 53.3 Å². The molecule has 0 spiro atoms. The molecule has 0 unspecified atom stereocenters. The van der Waals surface area contributed by atoms with E-state index >= 15 is 0 Å². The highest BCUT2D eigenvalue weighted by atomic mass is 35.5. The van der Waals surface area contributed by atoms with Crippen molar-refractivity contribution in [3.63, 3.8) is 0 Å². The van der Waals surface area contributed by atoms with Gasteiger partial charge in [0.05, 0.1) is 11.0 Å². The van der Waals surface area contributed by atoms with Gasteiger partial charge in [-0.15, -0.1) is 12.4 Å². The van der Waals surface area contributed by atoms with Crippen molar-refractivity contribution in [3.8, 4) is 0 Å². The van der Waals surface area contributed by atoms with Crippen LogP contribution in [0.5, 0.6) is 0 Å². The van der Waals surface area contributed by atoms with Crippen molar-refractivity contribution in [2.24, 2.45) is 11.8 Å². The fourth-order valence-corrected chi connectivity index (χ4v) is 4.95. The van der Waals surface area contributed by atoms with E-state index in [1.807, 2.05) is 58.0 Å². The second-order valence-electron chi connectivity index (χ2n) is 8.09. The number of fused-ring (bicyclic) bond motifs is 3. The zero-order chi connectivity index (χ0) is 19.1. The van der Waals surface area contributed by atoms with Crippen molar-refractivity contribution in [2.45, 2.75) is 19.4 Å². The Labute approximate surface area is 176 Å². The third-order valence-electron chi connectivity index (χ3n) is 6.54. The van der Waals surface area contributed by atoms with Crippen molar-refractivity contribution in [1.82, 2.24) is 14.8 Å². The fraction of sp³-hybridized carbons (Fsp3) is 0.391. The fourth-order valence-electron chi connectivity index (χ4n) is 4.95. The molecule has 3 aromatic rings. The number of carbonyl (C=O) groups is 1. The van der Waals surface area contributed by atoms with Gasteiger partial charge in [0.2, 0.25) is 5.91 Å². The molecule has 5 nitrogen and oxygen atoms in total. The van der Waals surface area contributed by atoms with E-state index in [9.17, 15) is 9.59 Å². The minimum absolute atomic E-state index is 0. The largest absolute Gasteiger partial charge is 0.341 e. The molecule has 5 rings (SSSR count). The van der Waals surface area contributed by atoms with E-state index in [0.29, 0.717) is 22.6 Å². The highest BCUT2D eigenvalue weighted by molar-refractivity contribution is 5.94. The average Bonchev–Trinajstić information content (AvgIpc) is 3.09. The molecule has 3 heterocycles. The maximum absolute atomic E-state index is 13.2. The SMILES string of the molecule is Cl.O=C(Cn1c2ccccc2c(=O)c2ccccc21)N1CC[C@@H]2CNC[C@@H]2CC1. The van der Waals surface area contributed by atoms with Gasteiger partial charge in [-0.3, -0.25) is 9.59 Å². The van der Waals surface area contributed by atoms with E-state index in [1.54, 1.807) is 0 Å². The number of para-hydroxylation sites is 2. The number of rotatable bonds is 2. The Balaban J connectivity index is 0.00000205. The van der Waals surface area contributed by atoms with Crippen LogP contribution in [0, 0.1) is 11.8 Å². The summed E-state index contributed by atoms with van der Waals surface area (Å²) < 4.78 is 2.02. The van der Waals surface area contributed by atoms with E-state index in [2.05, 4.69) is 5.32 Å². The predicted molar refractivity (Wildman–Crippen MR) is 119 cm³/mol. The summed E-state index contributed by atoms with van der Waals surface area (Å²) in [6.45, 7) is 4.10. The van der Waals surface area contributed by atoms with Crippen LogP contribution < -0.4 is 10.7 Å². The topological polar surface area (TPSA) is 54.3 Å². The second-order valence-corrected chi connectivity index (χ2v) is 8.09. The van der Waals surface area contributed by atoms with Crippen molar-refractivity contribution in [1.29, 1.82) is 0 Å². The molecular weight excluding hydrogens is 386 g/mol. The summed E-state index contributed by atoms with van der Waals surface area (Å²) in [5, 5.41) is 4.83. The Morgan fingerprint density at radius 3 is 1.97 bits per heavy atom. The minimum atomic E-state index is 0. The highest BCUT2D eigenvalue weighted by Crippen LogP contribution is 2.27. The van der Waals surface area contributed by atoms with Gasteiger partial charge in [-0.05, 0) is 62.0 Å². The summed E-state index contributed by atoms with van der Waals surface area (Å²) in [5.74, 6) is 1.55. The number of nitrogens with zero attached hydrogens (tertiary/aromatic N) is 2. The molecule has 1 amide bonds. The van der Waals surface area contributed by atoms with E-state index in [-0.39, 0.29) is 30.3 Å². The molecule has 6 heteroatoms. The van der Waals surface area contributed by atoms with Crippen LogP contribution in [-0.2, 0) is 11.3 Å². The quantitative estimate of drug-likeness (QED) is 0.659. The standard InChI is InChI=1S/C23H25N3O2.ClH/c27-22(25-11-9-16-13-24-14-17(16)10-12-25)15-26-20-7-3-1-5-18(20)23(28)19-6-2-4-8-21(19)26;/h1-8,16-17,24H,9-15H2;1H/t16-,17+;. The summed E-state index contributed by atoms with van der Waals surface area (Å²) in [4.78, 5) is 28.1. The van der Waals surface area contributed by atoms with Crippen LogP contribution in [-0.4, -0.2) is 41.6 Å². The number of aromatic nitrogens is 1. The van der Waals surface area contributed by atoms with Crippen LogP contribution in [0.1, 0.15) is 12.8 Å². The molecule has 2 saturated heterocycles. The maximum atomic E-state index is 13.2. The first kappa shape index (κ1) is 19.9. The van der Waals surface area contributed by atoms with Crippen LogP contribution in [0.4, 0.5) is 0 Å². The molecule has 2 aliphatic rings. The van der Waals surface area contributed by atoms with Gasteiger partial charge in [-0.2, -0.15) is 0 Å². The number of likely N-dealkylation sites (tertiary alicyclic amines) is 1. The molecular formula is C23H26ClN3O2. The third kappa shape index (κ3) is 3.53. The van der Waals surface area contributed by atoms with Crippen LogP contribution in [0.25, 0.3) is 21.8 Å². The molecule has 1 aromatic heterocycles. The Hall–Kier alpha value is -2.37. The molecule has 2 aliphatic heterocycles. The number of nitrogens with one attached hydrogen (secondary N) is 1. The molecule has 29 heavy (non-hydrogen) atoms. The van der Waals surface area contributed by atoms with Crippen molar-refractivity contribution in [3.05, 3.63) is 58.8 Å². The Morgan fingerprint density at radius 2 is 1.41 bits per heavy atom. The minimum Gasteiger partial charge on any atom is -0.341 e. The maximum Gasteiger partial charge on any atom is 0.242 e. The molecule has 2 atom stereocenters. The zero-order valence-electron chi connectivity index (χ0n) is 16.3. The number of carbonyl (C=O) groups excluding carboxylic acids is 1. The van der Waals surface area contributed by atoms with E-state index in [1.165, 1.54) is 0 Å². The second kappa shape index (κ2) is 8.17. The van der Waals surface area contributed by atoms with E-state index in [4.69, 9.17) is 0 Å². The first-order valence-corrected chi connectivity index (χ1v) is 10.2. The molecule has 0 aliphatic carbocycles. The van der Waals surface area contributed by atoms with Gasteiger partial charge in [-0.25, -0.2) is 0 Å². The molecule has 2 aromatic carbocycles. The Kier molecular flexibility index (Phi) is 5.61. The number of pyridine rings is 1. The zero-order valence-corrected chi connectivity index (χ0v) is 17.2. The van der Waals surface area contributed by atoms with Crippen LogP contribution >= 0.6 is 12.4 Å². The lowest BCUT2D eigenvalue weighted by atomic mass is 9.92. The predicted octanol–water partition coefficient (Wildman–Crippen LogP) is 3.03. The van der Waals surface area contributed by atoms with Crippen LogP contribution in [0.3, 0.4) is 0 Å². The van der Waals surface area contributed by atoms with Crippen molar-refractivity contribution in [2.75, 3.05) is 26.2 Å². The number of amides is 1. The van der Waals surface area contributed by atoms with Gasteiger partial charge in [0.15, 0.2) is 5.43 Å². The Morgan fingerprint density at radius 1 is 0.897 bits per heavy atom. The summed E-state index contributed by atoms with van der Waals surface area (Å²) in [6, 6.07) is 15.2. The van der Waals surface area contributed by atoms with Gasteiger partial charge in [-0.1, -0.05) is 24.3 Å². The highest BCUT2D eigenvalue weighted by Gasteiger charge is 2.31. The average molecular weight is 412 g/mol. The van der Waals surface area contributed by atoms with E-state index in [0.717, 1.165) is 50.1 Å². The lowest BCUT2D eigenvalue weighted by molar-refractivity contribution is -0.131. The number of benzene rings is 2. The lowest BCUT2D eigenvalue weighted by Crippen LogP contribution is -2.35. The van der Waals surface area contributed by atoms with E-state index < -0.39 is 0 Å². The third-order valence-corrected chi connectivity index (χ3v) is 6.54.